The molecule has 4 rings (SSSR count). The quantitative estimate of drug-likeness (QED) is 0.498. The summed E-state index contributed by atoms with van der Waals surface area (Å²) in [4.78, 5) is 8.86. The minimum atomic E-state index is -4.36. The number of rotatable bonds is 4. The third-order valence-corrected chi connectivity index (χ3v) is 4.17. The first-order valence-corrected chi connectivity index (χ1v) is 8.60. The fourth-order valence-electron chi connectivity index (χ4n) is 2.86. The van der Waals surface area contributed by atoms with Gasteiger partial charge in [0.25, 0.3) is 5.78 Å². The van der Waals surface area contributed by atoms with E-state index in [2.05, 4.69) is 20.4 Å². The number of aromatic nitrogens is 4. The Hall–Kier alpha value is -3.42. The van der Waals surface area contributed by atoms with Gasteiger partial charge in [0.1, 0.15) is 5.82 Å². The molecule has 0 amide bonds. The summed E-state index contributed by atoms with van der Waals surface area (Å²) < 4.78 is 39.8. The summed E-state index contributed by atoms with van der Waals surface area (Å²) in [5.74, 6) is 1.62. The van der Waals surface area contributed by atoms with Crippen molar-refractivity contribution >= 4 is 17.3 Å². The van der Waals surface area contributed by atoms with Crippen LogP contribution in [0, 0.1) is 6.92 Å². The van der Waals surface area contributed by atoms with Gasteiger partial charge in [0.15, 0.2) is 5.82 Å². The topological polar surface area (TPSA) is 55.1 Å². The lowest BCUT2D eigenvalue weighted by molar-refractivity contribution is -0.137. The molecule has 0 aliphatic rings. The zero-order valence-electron chi connectivity index (χ0n) is 14.9. The molecule has 0 radical (unpaired) electrons. The van der Waals surface area contributed by atoms with Gasteiger partial charge in [0, 0.05) is 23.9 Å². The van der Waals surface area contributed by atoms with E-state index in [9.17, 15) is 13.2 Å². The zero-order valence-corrected chi connectivity index (χ0v) is 14.9. The Balaban J connectivity index is 0.00000240. The smallest absolute Gasteiger partial charge is 0.340 e. The Morgan fingerprint density at radius 3 is 2.31 bits per heavy atom. The summed E-state index contributed by atoms with van der Waals surface area (Å²) >= 11 is 0. The van der Waals surface area contributed by atoms with Crippen molar-refractivity contribution in [3.63, 3.8) is 0 Å². The van der Waals surface area contributed by atoms with Crippen molar-refractivity contribution in [3.05, 3.63) is 83.3 Å². The molecule has 29 heavy (non-hydrogen) atoms. The Labute approximate surface area is 166 Å². The van der Waals surface area contributed by atoms with Crippen molar-refractivity contribution in [2.45, 2.75) is 26.9 Å². The minimum Gasteiger partial charge on any atom is -0.340 e. The van der Waals surface area contributed by atoms with Gasteiger partial charge in [-0.1, -0.05) is 37.8 Å². The first kappa shape index (κ1) is 20.3. The molecule has 5 nitrogen and oxygen atoms in total. The molecule has 0 atom stereocenters. The summed E-state index contributed by atoms with van der Waals surface area (Å²) in [5, 5.41) is 7.60. The summed E-state index contributed by atoms with van der Waals surface area (Å²) in [6, 6.07) is 16.4. The molecule has 0 spiro atoms. The van der Waals surface area contributed by atoms with Gasteiger partial charge in [-0.25, -0.2) is 4.98 Å². The molecule has 0 unspecified atom stereocenters. The van der Waals surface area contributed by atoms with Crippen molar-refractivity contribution in [2.24, 2.45) is 0 Å². The average Bonchev–Trinajstić information content (AvgIpc) is 3.04. The van der Waals surface area contributed by atoms with Gasteiger partial charge < -0.3 is 5.32 Å². The highest BCUT2D eigenvalue weighted by Gasteiger charge is 2.29. The second-order valence-corrected chi connectivity index (χ2v) is 6.39. The van der Waals surface area contributed by atoms with Crippen molar-refractivity contribution in [3.8, 4) is 0 Å². The van der Waals surface area contributed by atoms with E-state index in [0.717, 1.165) is 23.4 Å². The number of anilines is 2. The van der Waals surface area contributed by atoms with Crippen molar-refractivity contribution in [1.29, 1.82) is 0 Å². The molecule has 2 aromatic heterocycles. The second-order valence-electron chi connectivity index (χ2n) is 6.39. The van der Waals surface area contributed by atoms with E-state index in [4.69, 9.17) is 0 Å². The maximum atomic E-state index is 12.7. The monoisotopic (exact) mass is 399 g/mol. The summed E-state index contributed by atoms with van der Waals surface area (Å²) in [6.45, 7) is 1.82. The standard InChI is InChI=1S/C20H16F3N5.CH4/c1-13-11-18(25-16-9-7-15(8-10-16)20(21,22)23)28-19(24-13)26-17(27-28)12-14-5-3-2-4-6-14;/h2-11,25H,12H2,1H3;1H4. The number of nitrogens with zero attached hydrogens (tertiary/aromatic N) is 4. The maximum Gasteiger partial charge on any atom is 0.416 e. The number of hydrogen-bond donors (Lipinski definition) is 1. The molecule has 0 fully saturated rings. The van der Waals surface area contributed by atoms with Gasteiger partial charge >= 0.3 is 6.18 Å². The van der Waals surface area contributed by atoms with E-state index in [1.165, 1.54) is 12.1 Å². The first-order chi connectivity index (χ1) is 13.4. The van der Waals surface area contributed by atoms with Crippen molar-refractivity contribution < 1.29 is 13.2 Å². The van der Waals surface area contributed by atoms with Crippen molar-refractivity contribution in [2.75, 3.05) is 5.32 Å². The van der Waals surface area contributed by atoms with E-state index in [1.807, 2.05) is 37.3 Å². The van der Waals surface area contributed by atoms with Crippen LogP contribution in [0.2, 0.25) is 0 Å². The lowest BCUT2D eigenvalue weighted by atomic mass is 10.1. The molecule has 2 heterocycles. The Morgan fingerprint density at radius 2 is 1.66 bits per heavy atom. The van der Waals surface area contributed by atoms with Crippen LogP contribution in [0.5, 0.6) is 0 Å². The molecule has 1 N–H and O–H groups in total. The van der Waals surface area contributed by atoms with Crippen LogP contribution in [-0.2, 0) is 12.6 Å². The number of halogens is 3. The molecular weight excluding hydrogens is 379 g/mol. The van der Waals surface area contributed by atoms with Gasteiger partial charge in [-0.2, -0.15) is 22.7 Å². The van der Waals surface area contributed by atoms with Gasteiger partial charge in [-0.3, -0.25) is 0 Å². The number of aryl methyl sites for hydroxylation is 1. The summed E-state index contributed by atoms with van der Waals surface area (Å²) in [6.07, 6.45) is -3.81. The minimum absolute atomic E-state index is 0. The van der Waals surface area contributed by atoms with Gasteiger partial charge in [0.2, 0.25) is 0 Å². The van der Waals surface area contributed by atoms with E-state index in [-0.39, 0.29) is 7.43 Å². The van der Waals surface area contributed by atoms with Crippen molar-refractivity contribution in [1.82, 2.24) is 19.6 Å². The normalized spacial score (nSPS) is 11.3. The maximum absolute atomic E-state index is 12.7. The van der Waals surface area contributed by atoms with Gasteiger partial charge in [-0.05, 0) is 36.8 Å². The largest absolute Gasteiger partial charge is 0.416 e. The molecule has 0 bridgehead atoms. The Kier molecular flexibility index (Phi) is 5.54. The third kappa shape index (κ3) is 4.53. The summed E-state index contributed by atoms with van der Waals surface area (Å²) in [5.41, 5.74) is 1.62. The highest BCUT2D eigenvalue weighted by molar-refractivity contribution is 5.59. The van der Waals surface area contributed by atoms with Crippen LogP contribution in [-0.4, -0.2) is 19.6 Å². The Morgan fingerprint density at radius 1 is 0.966 bits per heavy atom. The first-order valence-electron chi connectivity index (χ1n) is 8.60. The lowest BCUT2D eigenvalue weighted by Gasteiger charge is -2.10. The molecule has 2 aromatic carbocycles. The number of fused-ring (bicyclic) bond motifs is 1. The predicted molar refractivity (Wildman–Crippen MR) is 106 cm³/mol. The highest BCUT2D eigenvalue weighted by Crippen LogP contribution is 2.30. The van der Waals surface area contributed by atoms with Crippen LogP contribution >= 0.6 is 0 Å². The van der Waals surface area contributed by atoms with E-state index >= 15 is 0 Å². The number of benzene rings is 2. The number of nitrogens with one attached hydrogen (secondary N) is 1. The average molecular weight is 399 g/mol. The third-order valence-electron chi connectivity index (χ3n) is 4.17. The Bertz CT molecular complexity index is 1100. The molecular formula is C21H20F3N5. The molecule has 150 valence electrons. The van der Waals surface area contributed by atoms with E-state index in [1.54, 1.807) is 10.6 Å². The fraction of sp³-hybridized carbons (Fsp3) is 0.190. The van der Waals surface area contributed by atoms with Gasteiger partial charge in [-0.15, -0.1) is 5.10 Å². The zero-order chi connectivity index (χ0) is 19.7. The molecule has 4 aromatic rings. The van der Waals surface area contributed by atoms with Crippen LogP contribution in [0.1, 0.15) is 30.1 Å². The van der Waals surface area contributed by atoms with E-state index in [0.29, 0.717) is 29.5 Å². The van der Waals surface area contributed by atoms with Crippen LogP contribution < -0.4 is 5.32 Å². The SMILES string of the molecule is C.Cc1cc(Nc2ccc(C(F)(F)F)cc2)n2nc(Cc3ccccc3)nc2n1. The molecule has 0 saturated heterocycles. The molecule has 8 heteroatoms. The van der Waals surface area contributed by atoms with Gasteiger partial charge in [0.05, 0.1) is 5.56 Å². The van der Waals surface area contributed by atoms with Crippen LogP contribution in [0.3, 0.4) is 0 Å². The van der Waals surface area contributed by atoms with Crippen LogP contribution in [0.4, 0.5) is 24.7 Å². The molecule has 0 aliphatic heterocycles. The number of alkyl halides is 3. The van der Waals surface area contributed by atoms with Crippen LogP contribution in [0.15, 0.2) is 60.7 Å². The summed E-state index contributed by atoms with van der Waals surface area (Å²) in [7, 11) is 0. The molecule has 0 aliphatic carbocycles. The van der Waals surface area contributed by atoms with E-state index < -0.39 is 11.7 Å². The number of hydrogen-bond acceptors (Lipinski definition) is 4. The predicted octanol–water partition coefficient (Wildman–Crippen LogP) is 5.42. The molecule has 0 saturated carbocycles. The van der Waals surface area contributed by atoms with Crippen LogP contribution in [0.25, 0.3) is 5.78 Å². The second kappa shape index (κ2) is 7.90. The highest BCUT2D eigenvalue weighted by atomic mass is 19.4. The fourth-order valence-corrected chi connectivity index (χ4v) is 2.86. The lowest BCUT2D eigenvalue weighted by Crippen LogP contribution is -2.05.